The third-order valence-corrected chi connectivity index (χ3v) is 4.76. The van der Waals surface area contributed by atoms with Crippen molar-refractivity contribution in [1.82, 2.24) is 0 Å². The fourth-order valence-electron chi connectivity index (χ4n) is 3.77. The summed E-state index contributed by atoms with van der Waals surface area (Å²) in [6.07, 6.45) is 0.622. The summed E-state index contributed by atoms with van der Waals surface area (Å²) in [7, 11) is 0. The van der Waals surface area contributed by atoms with Crippen LogP contribution in [0.25, 0.3) is 0 Å². The van der Waals surface area contributed by atoms with E-state index in [1.807, 2.05) is 42.5 Å². The van der Waals surface area contributed by atoms with Crippen LogP contribution in [-0.4, -0.2) is 11.1 Å². The quantitative estimate of drug-likeness (QED) is 0.860. The fourth-order valence-corrected chi connectivity index (χ4v) is 3.94. The van der Waals surface area contributed by atoms with E-state index in [4.69, 9.17) is 11.6 Å². The van der Waals surface area contributed by atoms with E-state index in [0.29, 0.717) is 11.4 Å². The number of fused-ring (bicyclic) bond motifs is 8. The smallest absolute Gasteiger partial charge is 0.318 e. The van der Waals surface area contributed by atoms with Gasteiger partial charge in [-0.05, 0) is 40.8 Å². The molecule has 0 heterocycles. The lowest BCUT2D eigenvalue weighted by Crippen LogP contribution is -2.33. The first kappa shape index (κ1) is 11.1. The molecule has 0 saturated heterocycles. The Morgan fingerprint density at radius 2 is 1.89 bits per heavy atom. The molecule has 0 amide bonds. The van der Waals surface area contributed by atoms with Gasteiger partial charge in [0.2, 0.25) is 0 Å². The SMILES string of the molecule is O=C(O)[C@@]12C[C@@H](c3ccccc31)c1ccc(Cl)cc12. The Morgan fingerprint density at radius 1 is 1.16 bits per heavy atom. The van der Waals surface area contributed by atoms with Gasteiger partial charge in [0, 0.05) is 10.9 Å². The van der Waals surface area contributed by atoms with E-state index in [-0.39, 0.29) is 5.92 Å². The Labute approximate surface area is 115 Å². The highest BCUT2D eigenvalue weighted by molar-refractivity contribution is 6.30. The lowest BCUT2D eigenvalue weighted by atomic mass is 9.75. The normalized spacial score (nSPS) is 26.1. The van der Waals surface area contributed by atoms with Crippen molar-refractivity contribution in [2.45, 2.75) is 17.8 Å². The number of hydrogen-bond acceptors (Lipinski definition) is 1. The second-order valence-electron chi connectivity index (χ2n) is 5.29. The van der Waals surface area contributed by atoms with Gasteiger partial charge in [-0.3, -0.25) is 4.79 Å². The number of aliphatic carboxylic acids is 1. The molecule has 2 aromatic carbocycles. The van der Waals surface area contributed by atoms with E-state index in [9.17, 15) is 9.90 Å². The third-order valence-electron chi connectivity index (χ3n) is 4.52. The minimum atomic E-state index is -0.901. The van der Waals surface area contributed by atoms with E-state index in [2.05, 4.69) is 0 Å². The van der Waals surface area contributed by atoms with Gasteiger partial charge in [-0.1, -0.05) is 41.9 Å². The monoisotopic (exact) mass is 270 g/mol. The molecule has 2 nitrogen and oxygen atoms in total. The van der Waals surface area contributed by atoms with E-state index in [1.165, 1.54) is 0 Å². The molecule has 1 N–H and O–H groups in total. The lowest BCUT2D eigenvalue weighted by Gasteiger charge is -2.27. The van der Waals surface area contributed by atoms with Crippen LogP contribution in [0.5, 0.6) is 0 Å². The predicted molar refractivity (Wildman–Crippen MR) is 72.8 cm³/mol. The molecule has 0 saturated carbocycles. The Morgan fingerprint density at radius 3 is 2.68 bits per heavy atom. The summed E-state index contributed by atoms with van der Waals surface area (Å²) in [6.45, 7) is 0. The molecular weight excluding hydrogens is 260 g/mol. The lowest BCUT2D eigenvalue weighted by molar-refractivity contribution is -0.141. The van der Waals surface area contributed by atoms with Gasteiger partial charge < -0.3 is 5.11 Å². The fraction of sp³-hybridized carbons (Fsp3) is 0.188. The molecule has 3 heteroatoms. The van der Waals surface area contributed by atoms with Crippen LogP contribution in [-0.2, 0) is 10.2 Å². The zero-order valence-corrected chi connectivity index (χ0v) is 10.8. The van der Waals surface area contributed by atoms with Crippen molar-refractivity contribution >= 4 is 17.6 Å². The summed E-state index contributed by atoms with van der Waals surface area (Å²) in [5.74, 6) is -0.581. The molecule has 2 aliphatic carbocycles. The topological polar surface area (TPSA) is 37.3 Å². The van der Waals surface area contributed by atoms with Crippen LogP contribution in [0.1, 0.15) is 34.6 Å². The molecule has 19 heavy (non-hydrogen) atoms. The molecule has 2 atom stereocenters. The average Bonchev–Trinajstić information content (AvgIpc) is 2.92. The zero-order valence-electron chi connectivity index (χ0n) is 10.1. The number of carboxylic acid groups (broad SMARTS) is 1. The van der Waals surface area contributed by atoms with Crippen molar-refractivity contribution < 1.29 is 9.90 Å². The van der Waals surface area contributed by atoms with Crippen molar-refractivity contribution in [2.24, 2.45) is 0 Å². The molecule has 2 aromatic rings. The zero-order chi connectivity index (χ0) is 13.2. The Hall–Kier alpha value is -1.80. The largest absolute Gasteiger partial charge is 0.480 e. The van der Waals surface area contributed by atoms with Crippen molar-refractivity contribution in [3.63, 3.8) is 0 Å². The van der Waals surface area contributed by atoms with Gasteiger partial charge in [0.05, 0.1) is 0 Å². The van der Waals surface area contributed by atoms with Gasteiger partial charge in [0.25, 0.3) is 0 Å². The first-order valence-electron chi connectivity index (χ1n) is 6.27. The molecule has 0 aromatic heterocycles. The number of halogens is 1. The van der Waals surface area contributed by atoms with Crippen LogP contribution in [0.4, 0.5) is 0 Å². The van der Waals surface area contributed by atoms with Crippen molar-refractivity contribution in [1.29, 1.82) is 0 Å². The second-order valence-corrected chi connectivity index (χ2v) is 5.72. The molecule has 0 spiro atoms. The highest BCUT2D eigenvalue weighted by atomic mass is 35.5. The minimum Gasteiger partial charge on any atom is -0.480 e. The first-order valence-corrected chi connectivity index (χ1v) is 6.65. The Kier molecular flexibility index (Phi) is 1.98. The maximum atomic E-state index is 12.0. The van der Waals surface area contributed by atoms with Crippen LogP contribution in [0.2, 0.25) is 5.02 Å². The summed E-state index contributed by atoms with van der Waals surface area (Å²) < 4.78 is 0. The van der Waals surface area contributed by atoms with Gasteiger partial charge in [0.15, 0.2) is 0 Å². The van der Waals surface area contributed by atoms with Gasteiger partial charge in [-0.25, -0.2) is 0 Å². The molecule has 0 aliphatic heterocycles. The van der Waals surface area contributed by atoms with E-state index in [0.717, 1.165) is 22.3 Å². The Bertz CT molecular complexity index is 722. The van der Waals surface area contributed by atoms with Gasteiger partial charge in [-0.15, -0.1) is 0 Å². The summed E-state index contributed by atoms with van der Waals surface area (Å²) in [5.41, 5.74) is 3.17. The highest BCUT2D eigenvalue weighted by Crippen LogP contribution is 2.60. The molecule has 2 aliphatic rings. The number of rotatable bonds is 1. The summed E-state index contributed by atoms with van der Waals surface area (Å²) >= 11 is 6.06. The van der Waals surface area contributed by atoms with Crippen molar-refractivity contribution in [3.05, 3.63) is 69.7 Å². The van der Waals surface area contributed by atoms with Crippen LogP contribution >= 0.6 is 11.6 Å². The molecular formula is C16H11ClO2. The average molecular weight is 271 g/mol. The van der Waals surface area contributed by atoms with Crippen molar-refractivity contribution in [2.75, 3.05) is 0 Å². The second kappa shape index (κ2) is 3.40. The van der Waals surface area contributed by atoms with Crippen LogP contribution in [0.15, 0.2) is 42.5 Å². The number of carboxylic acids is 1. The first-order chi connectivity index (χ1) is 9.14. The maximum Gasteiger partial charge on any atom is 0.318 e. The summed E-state index contributed by atoms with van der Waals surface area (Å²) in [4.78, 5) is 12.0. The maximum absolute atomic E-state index is 12.0. The summed E-state index contributed by atoms with van der Waals surface area (Å²) in [5, 5.41) is 10.4. The van der Waals surface area contributed by atoms with Gasteiger partial charge in [-0.2, -0.15) is 0 Å². The van der Waals surface area contributed by atoms with Gasteiger partial charge in [0.1, 0.15) is 5.41 Å². The molecule has 0 unspecified atom stereocenters. The van der Waals surface area contributed by atoms with Crippen LogP contribution < -0.4 is 0 Å². The van der Waals surface area contributed by atoms with E-state index in [1.54, 1.807) is 0 Å². The summed E-state index contributed by atoms with van der Waals surface area (Å²) in [6, 6.07) is 13.5. The molecule has 0 fully saturated rings. The van der Waals surface area contributed by atoms with Crippen LogP contribution in [0, 0.1) is 0 Å². The molecule has 4 rings (SSSR count). The standard InChI is InChI=1S/C16H11ClO2/c17-9-5-6-11-12-8-16(15(18)19,14(11)7-9)13-4-2-1-3-10(12)13/h1-7,12H,8H2,(H,18,19)/t12-,16-/m0/s1. The molecule has 94 valence electrons. The Balaban J connectivity index is 2.10. The van der Waals surface area contributed by atoms with Crippen LogP contribution in [0.3, 0.4) is 0 Å². The third kappa shape index (κ3) is 1.15. The van der Waals surface area contributed by atoms with Crippen molar-refractivity contribution in [3.8, 4) is 0 Å². The number of hydrogen-bond donors (Lipinski definition) is 1. The van der Waals surface area contributed by atoms with E-state index < -0.39 is 11.4 Å². The van der Waals surface area contributed by atoms with Gasteiger partial charge >= 0.3 is 5.97 Å². The molecule has 2 bridgehead atoms. The van der Waals surface area contributed by atoms with E-state index >= 15 is 0 Å². The predicted octanol–water partition coefficient (Wildman–Crippen LogP) is 3.56. The molecule has 0 radical (unpaired) electrons. The number of carbonyl (C=O) groups is 1. The highest BCUT2D eigenvalue weighted by Gasteiger charge is 2.57. The number of benzene rings is 2. The minimum absolute atomic E-state index is 0.194.